The lowest BCUT2D eigenvalue weighted by Gasteiger charge is -2.26. The molecule has 4 aromatic rings. The number of fused-ring (bicyclic) bond motifs is 1. The number of sulfonamides is 2. The molecular weight excluding hydrogens is 532 g/mol. The summed E-state index contributed by atoms with van der Waals surface area (Å²) in [6.07, 6.45) is 2.91. The molecule has 0 aliphatic carbocycles. The molecule has 0 saturated carbocycles. The lowest BCUT2D eigenvalue weighted by Crippen LogP contribution is -2.40. The van der Waals surface area contributed by atoms with E-state index < -0.39 is 20.0 Å². The highest BCUT2D eigenvalue weighted by Crippen LogP contribution is 2.39. The van der Waals surface area contributed by atoms with Crippen molar-refractivity contribution in [3.05, 3.63) is 73.1 Å². The maximum atomic E-state index is 13.4. The molecule has 0 radical (unpaired) electrons. The molecule has 2 aromatic heterocycles. The van der Waals surface area contributed by atoms with Gasteiger partial charge < -0.3 is 9.84 Å². The molecule has 1 aliphatic heterocycles. The van der Waals surface area contributed by atoms with Gasteiger partial charge in [0.15, 0.2) is 5.75 Å². The van der Waals surface area contributed by atoms with Crippen LogP contribution in [0.15, 0.2) is 93.1 Å². The largest absolute Gasteiger partial charge is 0.504 e. The van der Waals surface area contributed by atoms with Gasteiger partial charge in [0, 0.05) is 30.9 Å². The zero-order valence-corrected chi connectivity index (χ0v) is 21.4. The van der Waals surface area contributed by atoms with Gasteiger partial charge in [-0.3, -0.25) is 9.71 Å². The first kappa shape index (κ1) is 25.7. The van der Waals surface area contributed by atoms with Gasteiger partial charge in [-0.2, -0.15) is 9.42 Å². The minimum atomic E-state index is -3.94. The van der Waals surface area contributed by atoms with Crippen molar-refractivity contribution in [2.24, 2.45) is 10.2 Å². The molecule has 14 heteroatoms. The first-order chi connectivity index (χ1) is 18.3. The number of hydrogen-bond donors (Lipinski definition) is 2. The molecule has 0 amide bonds. The summed E-state index contributed by atoms with van der Waals surface area (Å²) in [7, 11) is -7.81. The van der Waals surface area contributed by atoms with Crippen LogP contribution in [0.1, 0.15) is 0 Å². The maximum Gasteiger partial charge on any atom is 0.263 e. The summed E-state index contributed by atoms with van der Waals surface area (Å²) < 4.78 is 61.0. The zero-order valence-electron chi connectivity index (χ0n) is 19.8. The molecule has 1 aliphatic rings. The number of ether oxygens (including phenoxy) is 1. The number of azo groups is 1. The van der Waals surface area contributed by atoms with Crippen molar-refractivity contribution in [1.82, 2.24) is 14.3 Å². The molecule has 38 heavy (non-hydrogen) atoms. The Morgan fingerprint density at radius 2 is 1.63 bits per heavy atom. The van der Waals surface area contributed by atoms with Gasteiger partial charge in [-0.15, -0.1) is 5.11 Å². The number of hydrogen-bond acceptors (Lipinski definition) is 10. The second-order valence-corrected chi connectivity index (χ2v) is 11.8. The monoisotopic (exact) mass is 554 g/mol. The quantitative estimate of drug-likeness (QED) is 0.327. The van der Waals surface area contributed by atoms with Crippen LogP contribution < -0.4 is 4.72 Å². The van der Waals surface area contributed by atoms with E-state index in [9.17, 15) is 21.9 Å². The van der Waals surface area contributed by atoms with E-state index in [1.807, 2.05) is 0 Å². The Balaban J connectivity index is 1.46. The van der Waals surface area contributed by atoms with E-state index in [1.54, 1.807) is 24.3 Å². The van der Waals surface area contributed by atoms with Gasteiger partial charge in [0.2, 0.25) is 10.0 Å². The highest BCUT2D eigenvalue weighted by atomic mass is 32.2. The van der Waals surface area contributed by atoms with Crippen LogP contribution in [-0.2, 0) is 24.8 Å². The predicted octanol–water partition coefficient (Wildman–Crippen LogP) is 3.57. The lowest BCUT2D eigenvalue weighted by molar-refractivity contribution is 0.0730. The summed E-state index contributed by atoms with van der Waals surface area (Å²) in [4.78, 5) is 8.03. The summed E-state index contributed by atoms with van der Waals surface area (Å²) in [6.45, 7) is 0.963. The Hall–Kier alpha value is -3.98. The highest BCUT2D eigenvalue weighted by molar-refractivity contribution is 7.92. The summed E-state index contributed by atoms with van der Waals surface area (Å²) in [6, 6.07) is 14.8. The number of phenols is 1. The van der Waals surface area contributed by atoms with Crippen LogP contribution in [0.4, 0.5) is 17.2 Å². The van der Waals surface area contributed by atoms with Crippen LogP contribution in [0.2, 0.25) is 0 Å². The highest BCUT2D eigenvalue weighted by Gasteiger charge is 2.30. The molecule has 0 atom stereocenters. The average molecular weight is 555 g/mol. The summed E-state index contributed by atoms with van der Waals surface area (Å²) in [5.74, 6) is -0.150. The van der Waals surface area contributed by atoms with Crippen LogP contribution in [0.25, 0.3) is 10.9 Å². The topological polar surface area (TPSA) is 164 Å². The van der Waals surface area contributed by atoms with Crippen LogP contribution in [-0.4, -0.2) is 62.5 Å². The third kappa shape index (κ3) is 5.19. The van der Waals surface area contributed by atoms with Crippen molar-refractivity contribution in [3.63, 3.8) is 0 Å². The molecular formula is C24H22N6O6S2. The average Bonchev–Trinajstić information content (AvgIpc) is 2.94. The fraction of sp³-hybridized carbons (Fsp3) is 0.167. The Bertz CT molecular complexity index is 1710. The Morgan fingerprint density at radius 3 is 2.34 bits per heavy atom. The lowest BCUT2D eigenvalue weighted by atomic mass is 10.2. The van der Waals surface area contributed by atoms with Crippen molar-refractivity contribution in [1.29, 1.82) is 0 Å². The Kier molecular flexibility index (Phi) is 7.03. The number of rotatable bonds is 7. The van der Waals surface area contributed by atoms with Gasteiger partial charge in [0.25, 0.3) is 10.0 Å². The third-order valence-electron chi connectivity index (χ3n) is 5.72. The maximum absolute atomic E-state index is 13.4. The number of aromatic hydroxyl groups is 1. The minimum absolute atomic E-state index is 0.0150. The number of nitrogens with zero attached hydrogens (tertiary/aromatic N) is 5. The molecule has 5 rings (SSSR count). The van der Waals surface area contributed by atoms with Crippen LogP contribution >= 0.6 is 0 Å². The molecule has 1 fully saturated rings. The zero-order chi connectivity index (χ0) is 26.8. The fourth-order valence-electron chi connectivity index (χ4n) is 3.82. The first-order valence-electron chi connectivity index (χ1n) is 11.4. The molecule has 3 heterocycles. The standard InChI is InChI=1S/C24H22N6O6S2/c31-24-20(16-21(19-4-3-11-26-23(19)24)38(34,35)30-12-14-36-15-13-30)28-27-17-6-8-18(9-7-17)37(32,33)29-22-5-1-2-10-25-22/h1-11,16,31H,12-15H2,(H,25,29). The Labute approximate surface area is 218 Å². The Morgan fingerprint density at radius 1 is 0.895 bits per heavy atom. The summed E-state index contributed by atoms with van der Waals surface area (Å²) in [5.41, 5.74) is 0.245. The van der Waals surface area contributed by atoms with Crippen molar-refractivity contribution in [2.45, 2.75) is 9.79 Å². The van der Waals surface area contributed by atoms with Gasteiger partial charge in [-0.05, 0) is 54.6 Å². The second kappa shape index (κ2) is 10.4. The number of benzene rings is 2. The number of phenolic OH excluding ortho intramolecular Hbond substituents is 1. The molecule has 0 spiro atoms. The number of pyridine rings is 2. The number of nitrogens with one attached hydrogen (secondary N) is 1. The van der Waals surface area contributed by atoms with Gasteiger partial charge >= 0.3 is 0 Å². The second-order valence-electron chi connectivity index (χ2n) is 8.17. The molecule has 0 bridgehead atoms. The van der Waals surface area contributed by atoms with Gasteiger partial charge in [-0.25, -0.2) is 21.8 Å². The predicted molar refractivity (Wildman–Crippen MR) is 139 cm³/mol. The van der Waals surface area contributed by atoms with Gasteiger partial charge in [-0.1, -0.05) is 6.07 Å². The molecule has 0 unspecified atom stereocenters. The first-order valence-corrected chi connectivity index (χ1v) is 14.3. The fourth-order valence-corrected chi connectivity index (χ4v) is 6.44. The van der Waals surface area contributed by atoms with E-state index in [2.05, 4.69) is 24.9 Å². The number of morpholine rings is 1. The van der Waals surface area contributed by atoms with Crippen LogP contribution in [0.3, 0.4) is 0 Å². The van der Waals surface area contributed by atoms with Gasteiger partial charge in [0.05, 0.1) is 28.7 Å². The molecule has 196 valence electrons. The summed E-state index contributed by atoms with van der Waals surface area (Å²) >= 11 is 0. The normalized spacial score (nSPS) is 15.2. The number of anilines is 1. The van der Waals surface area contributed by atoms with Crippen molar-refractivity contribution >= 4 is 48.1 Å². The molecule has 1 saturated heterocycles. The van der Waals surface area contributed by atoms with Crippen LogP contribution in [0, 0.1) is 0 Å². The van der Waals surface area contributed by atoms with Crippen molar-refractivity contribution < 1.29 is 26.7 Å². The SMILES string of the molecule is O=S(=O)(Nc1ccccn1)c1ccc(N=Nc2cc(S(=O)(=O)N3CCOCC3)c3cccnc3c2O)cc1. The van der Waals surface area contributed by atoms with E-state index >= 15 is 0 Å². The van der Waals surface area contributed by atoms with E-state index in [-0.39, 0.29) is 69.9 Å². The molecule has 2 aromatic carbocycles. The molecule has 2 N–H and O–H groups in total. The van der Waals surface area contributed by atoms with E-state index in [4.69, 9.17) is 4.74 Å². The van der Waals surface area contributed by atoms with Crippen molar-refractivity contribution in [2.75, 3.05) is 31.0 Å². The van der Waals surface area contributed by atoms with Gasteiger partial charge in [0.1, 0.15) is 17.0 Å². The smallest absolute Gasteiger partial charge is 0.263 e. The molecule has 12 nitrogen and oxygen atoms in total. The van der Waals surface area contributed by atoms with E-state index in [1.165, 1.54) is 53.1 Å². The minimum Gasteiger partial charge on any atom is -0.504 e. The number of aromatic nitrogens is 2. The van der Waals surface area contributed by atoms with E-state index in [0.717, 1.165) is 0 Å². The third-order valence-corrected chi connectivity index (χ3v) is 9.03. The van der Waals surface area contributed by atoms with Crippen LogP contribution in [0.5, 0.6) is 5.75 Å². The van der Waals surface area contributed by atoms with E-state index in [0.29, 0.717) is 0 Å². The summed E-state index contributed by atoms with van der Waals surface area (Å²) in [5, 5.41) is 19.2. The van der Waals surface area contributed by atoms with Crippen molar-refractivity contribution in [3.8, 4) is 5.75 Å².